The topological polar surface area (TPSA) is 0 Å². The molecule has 8 heavy (non-hydrogen) atoms. The van der Waals surface area contributed by atoms with Crippen LogP contribution in [0, 0.1) is 0 Å². The zero-order valence-corrected chi connectivity index (χ0v) is 5.10. The van der Waals surface area contributed by atoms with Crippen molar-refractivity contribution in [1.29, 1.82) is 0 Å². The van der Waals surface area contributed by atoms with Crippen LogP contribution in [0.4, 0.5) is 0 Å². The highest BCUT2D eigenvalue weighted by molar-refractivity contribution is 6.17. The van der Waals surface area contributed by atoms with Crippen LogP contribution in [-0.4, -0.2) is 0 Å². The lowest BCUT2D eigenvalue weighted by Gasteiger charge is -1.88. The Balaban J connectivity index is 2.85. The van der Waals surface area contributed by atoms with Crippen LogP contribution in [0.25, 0.3) is 0 Å². The van der Waals surface area contributed by atoms with E-state index >= 15 is 0 Å². The molecule has 0 saturated heterocycles. The van der Waals surface area contributed by atoms with E-state index < -0.39 is 5.86 Å². The van der Waals surface area contributed by atoms with E-state index in [0.717, 1.165) is 5.56 Å². The molecular formula is C7H7Cl. The summed E-state index contributed by atoms with van der Waals surface area (Å²) in [6.45, 7) is 0. The van der Waals surface area contributed by atoms with Crippen molar-refractivity contribution in [2.24, 2.45) is 0 Å². The van der Waals surface area contributed by atoms with Gasteiger partial charge in [0.05, 0.1) is 0 Å². The van der Waals surface area contributed by atoms with Gasteiger partial charge >= 0.3 is 0 Å². The first-order valence-corrected chi connectivity index (χ1v) is 2.85. The van der Waals surface area contributed by atoms with Crippen molar-refractivity contribution in [2.75, 3.05) is 0 Å². The smallest absolute Gasteiger partial charge is 0.0486 e. The van der Waals surface area contributed by atoms with Gasteiger partial charge < -0.3 is 0 Å². The monoisotopic (exact) mass is 127 g/mol. The van der Waals surface area contributed by atoms with Gasteiger partial charge in [0, 0.05) is 7.23 Å². The molecule has 1 atom stereocenters. The van der Waals surface area contributed by atoms with Crippen molar-refractivity contribution in [1.82, 2.24) is 0 Å². The van der Waals surface area contributed by atoms with Crippen molar-refractivity contribution in [3.8, 4) is 0 Å². The van der Waals surface area contributed by atoms with E-state index in [9.17, 15) is 0 Å². The minimum absolute atomic E-state index is 0.619. The normalized spacial score (nSPS) is 14.9. The predicted octanol–water partition coefficient (Wildman–Crippen LogP) is 2.43. The number of hydrogen-bond donors (Lipinski definition) is 0. The lowest BCUT2D eigenvalue weighted by Crippen LogP contribution is -1.71. The van der Waals surface area contributed by atoms with Gasteiger partial charge in [-0.3, -0.25) is 0 Å². The third-order valence-corrected chi connectivity index (χ3v) is 1.18. The Hall–Kier alpha value is -0.490. The number of benzene rings is 1. The fraction of sp³-hybridized carbons (Fsp3) is 0.143. The highest BCUT2D eigenvalue weighted by Crippen LogP contribution is 2.00. The van der Waals surface area contributed by atoms with Crippen LogP contribution >= 0.6 is 11.6 Å². The first-order valence-electron chi connectivity index (χ1n) is 2.99. The van der Waals surface area contributed by atoms with Crippen LogP contribution in [0.2, 0.25) is 0 Å². The fourth-order valence-corrected chi connectivity index (χ4v) is 0.671. The molecule has 0 amide bonds. The molecule has 0 spiro atoms. The van der Waals surface area contributed by atoms with Crippen molar-refractivity contribution >= 4 is 11.6 Å². The molecule has 1 heteroatoms. The largest absolute Gasteiger partial charge is 0.122 e. The van der Waals surface area contributed by atoms with Crippen LogP contribution in [0.3, 0.4) is 0 Å². The second-order valence-electron chi connectivity index (χ2n) is 1.52. The zero-order chi connectivity index (χ0) is 6.69. The minimum Gasteiger partial charge on any atom is -0.122 e. The Labute approximate surface area is 55.5 Å². The maximum atomic E-state index is 7.08. The van der Waals surface area contributed by atoms with E-state index in [-0.39, 0.29) is 0 Å². The Morgan fingerprint density at radius 1 is 1.38 bits per heavy atom. The van der Waals surface area contributed by atoms with Gasteiger partial charge in [0.2, 0.25) is 0 Å². The van der Waals surface area contributed by atoms with E-state index in [2.05, 4.69) is 0 Å². The third-order valence-electron chi connectivity index (χ3n) is 0.926. The highest BCUT2D eigenvalue weighted by atomic mass is 35.5. The molecule has 0 aromatic heterocycles. The summed E-state index contributed by atoms with van der Waals surface area (Å²) in [7, 11) is 0. The highest BCUT2D eigenvalue weighted by Gasteiger charge is 1.81. The quantitative estimate of drug-likeness (QED) is 0.509. The van der Waals surface area contributed by atoms with Crippen LogP contribution in [0.1, 0.15) is 6.93 Å². The molecular weight excluding hydrogens is 120 g/mol. The molecule has 1 aromatic rings. The summed E-state index contributed by atoms with van der Waals surface area (Å²) >= 11 is 5.47. The SMILES string of the molecule is [2H][C@@H](Cl)c1ccccc1. The summed E-state index contributed by atoms with van der Waals surface area (Å²) in [5, 5.41) is 0. The molecule has 0 aliphatic rings. The standard InChI is InChI=1S/C7H7Cl/c8-6-7-4-2-1-3-5-7/h1-5H,6H2/i6D/t6-/m1/s1. The molecule has 0 fully saturated rings. The molecule has 0 N–H and O–H groups in total. The van der Waals surface area contributed by atoms with Gasteiger partial charge in [-0.05, 0) is 5.56 Å². The minimum atomic E-state index is -0.619. The second-order valence-corrected chi connectivity index (χ2v) is 1.74. The summed E-state index contributed by atoms with van der Waals surface area (Å²) < 4.78 is 7.08. The van der Waals surface area contributed by atoms with E-state index in [1.807, 2.05) is 30.3 Å². The van der Waals surface area contributed by atoms with Gasteiger partial charge in [0.1, 0.15) is 0 Å². The zero-order valence-electron chi connectivity index (χ0n) is 5.34. The fourth-order valence-electron chi connectivity index (χ4n) is 0.526. The summed E-state index contributed by atoms with van der Waals surface area (Å²) in [5.74, 6) is -0.619. The maximum absolute atomic E-state index is 7.08. The first kappa shape index (κ1) is 4.39. The number of alkyl halides is 1. The Kier molecular flexibility index (Phi) is 1.50. The number of halogens is 1. The molecule has 0 bridgehead atoms. The maximum Gasteiger partial charge on any atom is 0.0486 e. The van der Waals surface area contributed by atoms with E-state index in [4.69, 9.17) is 13.0 Å². The van der Waals surface area contributed by atoms with E-state index in [1.54, 1.807) is 0 Å². The summed E-state index contributed by atoms with van der Waals surface area (Å²) in [6, 6.07) is 9.33. The number of rotatable bonds is 1. The Bertz CT molecular complexity index is 172. The van der Waals surface area contributed by atoms with Crippen LogP contribution in [0.5, 0.6) is 0 Å². The van der Waals surface area contributed by atoms with Gasteiger partial charge in [0.25, 0.3) is 0 Å². The molecule has 1 aromatic carbocycles. The predicted molar refractivity (Wildman–Crippen MR) is 36.0 cm³/mol. The molecule has 0 saturated carbocycles. The first-order chi connectivity index (χ1) is 4.30. The summed E-state index contributed by atoms with van der Waals surface area (Å²) in [5.41, 5.74) is 0.846. The van der Waals surface area contributed by atoms with Crippen LogP contribution < -0.4 is 0 Å². The van der Waals surface area contributed by atoms with Gasteiger partial charge in [-0.2, -0.15) is 0 Å². The van der Waals surface area contributed by atoms with Crippen molar-refractivity contribution in [2.45, 2.75) is 5.86 Å². The van der Waals surface area contributed by atoms with Crippen LogP contribution in [0.15, 0.2) is 30.3 Å². The van der Waals surface area contributed by atoms with E-state index in [1.165, 1.54) is 0 Å². The van der Waals surface area contributed by atoms with Gasteiger partial charge in [-0.1, -0.05) is 30.3 Å². The lowest BCUT2D eigenvalue weighted by molar-refractivity contribution is 1.41. The van der Waals surface area contributed by atoms with Crippen molar-refractivity contribution < 1.29 is 1.37 Å². The molecule has 0 nitrogen and oxygen atoms in total. The van der Waals surface area contributed by atoms with Gasteiger partial charge in [-0.25, -0.2) is 0 Å². The van der Waals surface area contributed by atoms with Gasteiger partial charge in [-0.15, -0.1) is 11.6 Å². The Morgan fingerprint density at radius 2 is 2.00 bits per heavy atom. The average molecular weight is 128 g/mol. The molecule has 42 valence electrons. The van der Waals surface area contributed by atoms with Crippen LogP contribution in [-0.2, 0) is 5.86 Å². The van der Waals surface area contributed by atoms with E-state index in [0.29, 0.717) is 0 Å². The molecule has 0 aliphatic heterocycles. The van der Waals surface area contributed by atoms with Gasteiger partial charge in [0.15, 0.2) is 0 Å². The molecule has 1 rings (SSSR count). The number of hydrogen-bond acceptors (Lipinski definition) is 0. The average Bonchev–Trinajstić information content (AvgIpc) is 1.90. The summed E-state index contributed by atoms with van der Waals surface area (Å²) in [4.78, 5) is 0. The van der Waals surface area contributed by atoms with Crippen molar-refractivity contribution in [3.05, 3.63) is 35.9 Å². The molecule has 0 heterocycles. The second kappa shape index (κ2) is 2.73. The lowest BCUT2D eigenvalue weighted by atomic mass is 10.2. The van der Waals surface area contributed by atoms with Crippen molar-refractivity contribution in [3.63, 3.8) is 0 Å². The third kappa shape index (κ3) is 1.24. The molecule has 0 unspecified atom stereocenters. The molecule has 0 radical (unpaired) electrons. The summed E-state index contributed by atoms with van der Waals surface area (Å²) in [6.07, 6.45) is 0. The Morgan fingerprint density at radius 3 is 2.38 bits per heavy atom. The molecule has 0 aliphatic carbocycles.